The van der Waals surface area contributed by atoms with Crippen LogP contribution in [0.25, 0.3) is 17.2 Å². The molecule has 0 radical (unpaired) electrons. The number of amides is 1. The lowest BCUT2D eigenvalue weighted by atomic mass is 10.2. The van der Waals surface area contributed by atoms with Crippen molar-refractivity contribution in [2.75, 3.05) is 18.6 Å². The van der Waals surface area contributed by atoms with Crippen LogP contribution in [0.2, 0.25) is 0 Å². The Morgan fingerprint density at radius 1 is 1.32 bits per heavy atom. The molecule has 0 bridgehead atoms. The Kier molecular flexibility index (Phi) is 4.55. The molecule has 1 aromatic carbocycles. The maximum Gasteiger partial charge on any atom is 0.411 e. The van der Waals surface area contributed by atoms with Crippen LogP contribution in [0.5, 0.6) is 5.75 Å². The number of nitrogens with zero attached hydrogens (tertiary/aromatic N) is 6. The number of aromatic nitrogens is 5. The predicted octanol–water partition coefficient (Wildman–Crippen LogP) is 2.24. The number of pyridine rings is 1. The first-order valence-electron chi connectivity index (χ1n) is 7.54. The van der Waals surface area contributed by atoms with E-state index in [2.05, 4.69) is 20.4 Å². The number of tetrazole rings is 1. The van der Waals surface area contributed by atoms with Gasteiger partial charge >= 0.3 is 6.09 Å². The third kappa shape index (κ3) is 3.25. The van der Waals surface area contributed by atoms with Crippen LogP contribution in [0.15, 0.2) is 42.6 Å². The number of methoxy groups -OCH3 is 1. The second-order valence-electron chi connectivity index (χ2n) is 5.00. The molecule has 0 fully saturated rings. The molecule has 0 unspecified atom stereocenters. The van der Waals surface area contributed by atoms with Crippen LogP contribution in [-0.4, -0.2) is 50.0 Å². The van der Waals surface area contributed by atoms with Gasteiger partial charge < -0.3 is 9.84 Å². The first kappa shape index (κ1) is 16.4. The maximum absolute atomic E-state index is 11.3. The summed E-state index contributed by atoms with van der Waals surface area (Å²) in [4.78, 5) is 18.1. The number of rotatable bonds is 5. The van der Waals surface area contributed by atoms with Crippen LogP contribution in [0.4, 0.5) is 10.5 Å². The molecule has 9 heteroatoms. The minimum atomic E-state index is -1.05. The fourth-order valence-corrected chi connectivity index (χ4v) is 2.34. The molecule has 0 saturated heterocycles. The van der Waals surface area contributed by atoms with Crippen LogP contribution in [0.1, 0.15) is 6.92 Å². The Bertz CT molecular complexity index is 881. The highest BCUT2D eigenvalue weighted by molar-refractivity contribution is 5.88. The van der Waals surface area contributed by atoms with E-state index in [-0.39, 0.29) is 0 Å². The lowest BCUT2D eigenvalue weighted by molar-refractivity contribution is 0.202. The summed E-state index contributed by atoms with van der Waals surface area (Å²) >= 11 is 0. The molecule has 1 amide bonds. The van der Waals surface area contributed by atoms with Gasteiger partial charge in [0.05, 0.1) is 18.5 Å². The zero-order chi connectivity index (χ0) is 17.8. The minimum Gasteiger partial charge on any atom is -0.494 e. The standard InChI is InChI=1S/C16H16N6O3/c1-3-21(16(23)24)13-8-7-11(10-14(13)25-2)22-19-15(18-20-22)12-6-4-5-9-17-12/h4-10H,3H2,1-2H3,(H,23,24). The van der Waals surface area contributed by atoms with E-state index in [0.717, 1.165) is 0 Å². The minimum absolute atomic E-state index is 0.302. The van der Waals surface area contributed by atoms with Crippen LogP contribution in [0.3, 0.4) is 0 Å². The van der Waals surface area contributed by atoms with Crippen molar-refractivity contribution in [2.24, 2.45) is 0 Å². The lowest BCUT2D eigenvalue weighted by Crippen LogP contribution is -2.29. The number of hydrogen-bond acceptors (Lipinski definition) is 6. The monoisotopic (exact) mass is 340 g/mol. The molecule has 0 spiro atoms. The molecule has 25 heavy (non-hydrogen) atoms. The van der Waals surface area contributed by atoms with Crippen molar-refractivity contribution in [1.29, 1.82) is 0 Å². The summed E-state index contributed by atoms with van der Waals surface area (Å²) in [6.45, 7) is 2.05. The van der Waals surface area contributed by atoms with Gasteiger partial charge in [0.2, 0.25) is 5.82 Å². The molecule has 3 aromatic rings. The quantitative estimate of drug-likeness (QED) is 0.759. The summed E-state index contributed by atoms with van der Waals surface area (Å²) < 4.78 is 5.33. The highest BCUT2D eigenvalue weighted by Crippen LogP contribution is 2.30. The van der Waals surface area contributed by atoms with Gasteiger partial charge in [-0.1, -0.05) is 6.07 Å². The van der Waals surface area contributed by atoms with Gasteiger partial charge in [-0.15, -0.1) is 15.0 Å². The summed E-state index contributed by atoms with van der Waals surface area (Å²) in [5.41, 5.74) is 1.66. The first-order chi connectivity index (χ1) is 12.1. The van der Waals surface area contributed by atoms with E-state index in [1.165, 1.54) is 16.8 Å². The van der Waals surface area contributed by atoms with Crippen molar-refractivity contribution in [1.82, 2.24) is 25.2 Å². The van der Waals surface area contributed by atoms with Crippen LogP contribution in [0, 0.1) is 0 Å². The average molecular weight is 340 g/mol. The lowest BCUT2D eigenvalue weighted by Gasteiger charge is -2.20. The summed E-state index contributed by atoms with van der Waals surface area (Å²) in [6.07, 6.45) is 0.601. The molecule has 128 valence electrons. The summed E-state index contributed by atoms with van der Waals surface area (Å²) in [5.74, 6) is 0.794. The molecule has 2 aromatic heterocycles. The second kappa shape index (κ2) is 6.95. The Labute approximate surface area is 143 Å². The van der Waals surface area contributed by atoms with E-state index in [9.17, 15) is 9.90 Å². The maximum atomic E-state index is 11.3. The number of ether oxygens (including phenoxy) is 1. The molecule has 0 aliphatic rings. The van der Waals surface area contributed by atoms with Crippen molar-refractivity contribution in [3.05, 3.63) is 42.6 Å². The highest BCUT2D eigenvalue weighted by Gasteiger charge is 2.18. The molecule has 3 rings (SSSR count). The van der Waals surface area contributed by atoms with E-state index < -0.39 is 6.09 Å². The Morgan fingerprint density at radius 3 is 2.80 bits per heavy atom. The van der Waals surface area contributed by atoms with E-state index in [1.807, 2.05) is 6.07 Å². The number of benzene rings is 1. The molecule has 0 atom stereocenters. The Morgan fingerprint density at radius 2 is 2.16 bits per heavy atom. The summed E-state index contributed by atoms with van der Waals surface area (Å²) in [6, 6.07) is 10.4. The van der Waals surface area contributed by atoms with Crippen LogP contribution in [-0.2, 0) is 0 Å². The molecule has 1 N–H and O–H groups in total. The molecule has 0 aliphatic carbocycles. The summed E-state index contributed by atoms with van der Waals surface area (Å²) in [5, 5.41) is 21.6. The van der Waals surface area contributed by atoms with Gasteiger partial charge in [0.15, 0.2) is 0 Å². The van der Waals surface area contributed by atoms with Gasteiger partial charge in [0.1, 0.15) is 11.4 Å². The number of hydrogen-bond donors (Lipinski definition) is 1. The Hall–Kier alpha value is -3.49. The van der Waals surface area contributed by atoms with Gasteiger partial charge in [-0.2, -0.15) is 0 Å². The molecule has 0 saturated carbocycles. The van der Waals surface area contributed by atoms with Crippen molar-refractivity contribution in [3.8, 4) is 23.0 Å². The van der Waals surface area contributed by atoms with E-state index in [1.54, 1.807) is 43.5 Å². The molecule has 9 nitrogen and oxygen atoms in total. The molecule has 2 heterocycles. The number of anilines is 1. The van der Waals surface area contributed by atoms with Crippen molar-refractivity contribution in [3.63, 3.8) is 0 Å². The normalized spacial score (nSPS) is 10.5. The fourth-order valence-electron chi connectivity index (χ4n) is 2.34. The van der Waals surface area contributed by atoms with Crippen molar-refractivity contribution >= 4 is 11.8 Å². The van der Waals surface area contributed by atoms with Gasteiger partial charge in [-0.05, 0) is 36.4 Å². The van der Waals surface area contributed by atoms with Gasteiger partial charge in [0.25, 0.3) is 0 Å². The van der Waals surface area contributed by atoms with E-state index in [0.29, 0.717) is 35.2 Å². The van der Waals surface area contributed by atoms with Crippen LogP contribution >= 0.6 is 0 Å². The highest BCUT2D eigenvalue weighted by atomic mass is 16.5. The van der Waals surface area contributed by atoms with E-state index >= 15 is 0 Å². The fraction of sp³-hybridized carbons (Fsp3) is 0.188. The van der Waals surface area contributed by atoms with Crippen LogP contribution < -0.4 is 9.64 Å². The zero-order valence-electron chi connectivity index (χ0n) is 13.7. The third-order valence-corrected chi connectivity index (χ3v) is 3.54. The SMILES string of the molecule is CCN(C(=O)O)c1ccc(-n2nnc(-c3ccccn3)n2)cc1OC. The first-order valence-corrected chi connectivity index (χ1v) is 7.54. The Balaban J connectivity index is 1.96. The van der Waals surface area contributed by atoms with Crippen molar-refractivity contribution < 1.29 is 14.6 Å². The van der Waals surface area contributed by atoms with Gasteiger partial charge in [-0.25, -0.2) is 4.79 Å². The van der Waals surface area contributed by atoms with Gasteiger partial charge in [0, 0.05) is 18.8 Å². The molecular weight excluding hydrogens is 324 g/mol. The number of carbonyl (C=O) groups is 1. The average Bonchev–Trinajstić information content (AvgIpc) is 3.13. The smallest absolute Gasteiger partial charge is 0.411 e. The summed E-state index contributed by atoms with van der Waals surface area (Å²) in [7, 11) is 1.48. The zero-order valence-corrected chi connectivity index (χ0v) is 13.7. The van der Waals surface area contributed by atoms with E-state index in [4.69, 9.17) is 4.74 Å². The third-order valence-electron chi connectivity index (χ3n) is 3.54. The van der Waals surface area contributed by atoms with Gasteiger partial charge in [-0.3, -0.25) is 9.88 Å². The topological polar surface area (TPSA) is 106 Å². The second-order valence-corrected chi connectivity index (χ2v) is 5.00. The predicted molar refractivity (Wildman–Crippen MR) is 90.0 cm³/mol. The molecular formula is C16H16N6O3. The van der Waals surface area contributed by atoms with Crippen molar-refractivity contribution in [2.45, 2.75) is 6.92 Å². The number of carboxylic acid groups (broad SMARTS) is 1. The largest absolute Gasteiger partial charge is 0.494 e. The molecule has 0 aliphatic heterocycles.